The van der Waals surface area contributed by atoms with E-state index < -0.39 is 9.84 Å². The van der Waals surface area contributed by atoms with E-state index in [0.717, 1.165) is 6.42 Å². The van der Waals surface area contributed by atoms with Crippen molar-refractivity contribution in [3.63, 3.8) is 0 Å². The second-order valence-electron chi connectivity index (χ2n) is 3.64. The molecule has 0 unspecified atom stereocenters. The van der Waals surface area contributed by atoms with E-state index in [-0.39, 0.29) is 5.75 Å². The van der Waals surface area contributed by atoms with Crippen molar-refractivity contribution >= 4 is 15.5 Å². The fourth-order valence-electron chi connectivity index (χ4n) is 1.41. The van der Waals surface area contributed by atoms with E-state index in [1.807, 2.05) is 6.92 Å². The standard InChI is InChI=1S/C11H17NO2S/c1-3-4-8-15(13,14)11-7-5-6-10(12)9(11)2/h5-7H,3-4,8,12H2,1-2H3. The van der Waals surface area contributed by atoms with Crippen LogP contribution in [0.3, 0.4) is 0 Å². The van der Waals surface area contributed by atoms with Crippen molar-refractivity contribution in [1.82, 2.24) is 0 Å². The predicted octanol–water partition coefficient (Wildman–Crippen LogP) is 2.15. The number of benzene rings is 1. The van der Waals surface area contributed by atoms with Gasteiger partial charge in [0.25, 0.3) is 0 Å². The maximum Gasteiger partial charge on any atom is 0.178 e. The highest BCUT2D eigenvalue weighted by molar-refractivity contribution is 7.91. The van der Waals surface area contributed by atoms with Crippen molar-refractivity contribution in [2.24, 2.45) is 0 Å². The van der Waals surface area contributed by atoms with Crippen molar-refractivity contribution in [3.05, 3.63) is 23.8 Å². The zero-order valence-electron chi connectivity index (χ0n) is 9.16. The van der Waals surface area contributed by atoms with Crippen molar-refractivity contribution in [2.45, 2.75) is 31.6 Å². The van der Waals surface area contributed by atoms with E-state index in [0.29, 0.717) is 22.6 Å². The van der Waals surface area contributed by atoms with Gasteiger partial charge in [0.15, 0.2) is 9.84 Å². The van der Waals surface area contributed by atoms with Crippen LogP contribution in [-0.2, 0) is 9.84 Å². The van der Waals surface area contributed by atoms with Crippen LogP contribution >= 0.6 is 0 Å². The lowest BCUT2D eigenvalue weighted by atomic mass is 10.2. The lowest BCUT2D eigenvalue weighted by molar-refractivity contribution is 0.592. The Morgan fingerprint density at radius 3 is 2.60 bits per heavy atom. The molecule has 0 aromatic heterocycles. The summed E-state index contributed by atoms with van der Waals surface area (Å²) in [5.74, 6) is 0.202. The van der Waals surface area contributed by atoms with Crippen LogP contribution in [0.4, 0.5) is 5.69 Å². The summed E-state index contributed by atoms with van der Waals surface area (Å²) >= 11 is 0. The summed E-state index contributed by atoms with van der Waals surface area (Å²) in [6.45, 7) is 3.72. The Balaban J connectivity index is 3.10. The molecule has 15 heavy (non-hydrogen) atoms. The Morgan fingerprint density at radius 2 is 2.00 bits per heavy atom. The molecular weight excluding hydrogens is 210 g/mol. The first-order valence-electron chi connectivity index (χ1n) is 5.07. The third-order valence-electron chi connectivity index (χ3n) is 2.43. The summed E-state index contributed by atoms with van der Waals surface area (Å²) in [6.07, 6.45) is 1.57. The summed E-state index contributed by atoms with van der Waals surface area (Å²) in [5, 5.41) is 0. The summed E-state index contributed by atoms with van der Waals surface area (Å²) in [5.41, 5.74) is 6.88. The van der Waals surface area contributed by atoms with E-state index in [4.69, 9.17) is 5.73 Å². The normalized spacial score (nSPS) is 11.6. The molecule has 0 saturated carbocycles. The largest absolute Gasteiger partial charge is 0.398 e. The molecule has 0 amide bonds. The fraction of sp³-hybridized carbons (Fsp3) is 0.455. The average molecular weight is 227 g/mol. The maximum absolute atomic E-state index is 11.9. The molecule has 1 aromatic rings. The van der Waals surface area contributed by atoms with Gasteiger partial charge in [-0.3, -0.25) is 0 Å². The summed E-state index contributed by atoms with van der Waals surface area (Å²) < 4.78 is 23.8. The SMILES string of the molecule is CCCCS(=O)(=O)c1cccc(N)c1C. The number of sulfone groups is 1. The first kappa shape index (κ1) is 12.0. The van der Waals surface area contributed by atoms with Gasteiger partial charge in [-0.2, -0.15) is 0 Å². The minimum atomic E-state index is -3.16. The second-order valence-corrected chi connectivity index (χ2v) is 5.72. The van der Waals surface area contributed by atoms with E-state index in [1.165, 1.54) is 0 Å². The Labute approximate surface area is 91.2 Å². The molecule has 84 valence electrons. The van der Waals surface area contributed by atoms with Crippen LogP contribution in [0.25, 0.3) is 0 Å². The van der Waals surface area contributed by atoms with Crippen LogP contribution in [0.15, 0.2) is 23.1 Å². The Bertz CT molecular complexity index is 438. The smallest absolute Gasteiger partial charge is 0.178 e. The van der Waals surface area contributed by atoms with Gasteiger partial charge >= 0.3 is 0 Å². The molecule has 3 nitrogen and oxygen atoms in total. The van der Waals surface area contributed by atoms with Gasteiger partial charge in [-0.1, -0.05) is 19.4 Å². The van der Waals surface area contributed by atoms with Crippen molar-refractivity contribution in [1.29, 1.82) is 0 Å². The molecule has 1 aromatic carbocycles. The van der Waals surface area contributed by atoms with E-state index in [1.54, 1.807) is 25.1 Å². The van der Waals surface area contributed by atoms with Crippen LogP contribution in [-0.4, -0.2) is 14.2 Å². The first-order chi connectivity index (χ1) is 6.99. The predicted molar refractivity (Wildman–Crippen MR) is 62.6 cm³/mol. The fourth-order valence-corrected chi connectivity index (χ4v) is 3.17. The van der Waals surface area contributed by atoms with Gasteiger partial charge in [0, 0.05) is 5.69 Å². The van der Waals surface area contributed by atoms with E-state index in [9.17, 15) is 8.42 Å². The molecule has 0 aliphatic carbocycles. The molecule has 0 atom stereocenters. The molecule has 2 N–H and O–H groups in total. The zero-order chi connectivity index (χ0) is 11.5. The van der Waals surface area contributed by atoms with Crippen LogP contribution in [0.2, 0.25) is 0 Å². The Hall–Kier alpha value is -1.03. The lowest BCUT2D eigenvalue weighted by Gasteiger charge is -2.08. The van der Waals surface area contributed by atoms with Crippen LogP contribution in [0.1, 0.15) is 25.3 Å². The minimum Gasteiger partial charge on any atom is -0.398 e. The number of unbranched alkanes of at least 4 members (excludes halogenated alkanes) is 1. The quantitative estimate of drug-likeness (QED) is 0.802. The molecule has 0 aliphatic heterocycles. The number of hydrogen-bond acceptors (Lipinski definition) is 3. The molecule has 0 bridgehead atoms. The highest BCUT2D eigenvalue weighted by Gasteiger charge is 2.16. The summed E-state index contributed by atoms with van der Waals surface area (Å²) in [4.78, 5) is 0.371. The average Bonchev–Trinajstić information content (AvgIpc) is 2.19. The van der Waals surface area contributed by atoms with Gasteiger partial charge in [0.2, 0.25) is 0 Å². The van der Waals surface area contributed by atoms with Gasteiger partial charge < -0.3 is 5.73 Å². The molecule has 0 radical (unpaired) electrons. The highest BCUT2D eigenvalue weighted by atomic mass is 32.2. The Morgan fingerprint density at radius 1 is 1.33 bits per heavy atom. The molecule has 0 saturated heterocycles. The van der Waals surface area contributed by atoms with Crippen LogP contribution in [0, 0.1) is 6.92 Å². The maximum atomic E-state index is 11.9. The molecule has 0 fully saturated rings. The van der Waals surface area contributed by atoms with Crippen LogP contribution in [0.5, 0.6) is 0 Å². The third-order valence-corrected chi connectivity index (χ3v) is 4.37. The number of anilines is 1. The number of rotatable bonds is 4. The van der Waals surface area contributed by atoms with Gasteiger partial charge in [-0.15, -0.1) is 0 Å². The van der Waals surface area contributed by atoms with E-state index >= 15 is 0 Å². The highest BCUT2D eigenvalue weighted by Crippen LogP contribution is 2.22. The van der Waals surface area contributed by atoms with E-state index in [2.05, 4.69) is 0 Å². The van der Waals surface area contributed by atoms with Crippen molar-refractivity contribution in [3.8, 4) is 0 Å². The van der Waals surface area contributed by atoms with Gasteiger partial charge in [0.1, 0.15) is 0 Å². The van der Waals surface area contributed by atoms with Crippen molar-refractivity contribution in [2.75, 3.05) is 11.5 Å². The summed E-state index contributed by atoms with van der Waals surface area (Å²) in [7, 11) is -3.16. The number of nitrogen functional groups attached to an aromatic ring is 1. The Kier molecular flexibility index (Phi) is 3.74. The topological polar surface area (TPSA) is 60.2 Å². The third kappa shape index (κ3) is 2.72. The molecule has 0 aliphatic rings. The number of nitrogens with two attached hydrogens (primary N) is 1. The molecular formula is C11H17NO2S. The second kappa shape index (κ2) is 4.66. The van der Waals surface area contributed by atoms with Gasteiger partial charge in [-0.05, 0) is 31.0 Å². The molecule has 0 heterocycles. The zero-order valence-corrected chi connectivity index (χ0v) is 9.97. The molecule has 4 heteroatoms. The van der Waals surface area contributed by atoms with Crippen molar-refractivity contribution < 1.29 is 8.42 Å². The van der Waals surface area contributed by atoms with Gasteiger partial charge in [0.05, 0.1) is 10.6 Å². The first-order valence-corrected chi connectivity index (χ1v) is 6.72. The number of hydrogen-bond donors (Lipinski definition) is 1. The van der Waals surface area contributed by atoms with Gasteiger partial charge in [-0.25, -0.2) is 8.42 Å². The summed E-state index contributed by atoms with van der Waals surface area (Å²) in [6, 6.07) is 5.02. The lowest BCUT2D eigenvalue weighted by Crippen LogP contribution is -2.09. The monoisotopic (exact) mass is 227 g/mol. The van der Waals surface area contributed by atoms with Crippen LogP contribution < -0.4 is 5.73 Å². The minimum absolute atomic E-state index is 0.202. The molecule has 1 rings (SSSR count). The molecule has 0 spiro atoms.